The number of hydrogen-bond acceptors (Lipinski definition) is 5. The molecule has 0 unspecified atom stereocenters. The quantitative estimate of drug-likeness (QED) is 0.557. The van der Waals surface area contributed by atoms with Gasteiger partial charge in [0.2, 0.25) is 0 Å². The molecule has 0 radical (unpaired) electrons. The van der Waals surface area contributed by atoms with Gasteiger partial charge < -0.3 is 4.74 Å². The van der Waals surface area contributed by atoms with Crippen LogP contribution in [-0.2, 0) is 21.2 Å². The molecule has 0 spiro atoms. The van der Waals surface area contributed by atoms with Crippen LogP contribution in [0.3, 0.4) is 0 Å². The predicted octanol–water partition coefficient (Wildman–Crippen LogP) is 3.48. The number of hydrogen-bond donors (Lipinski definition) is 1. The third-order valence-corrected chi connectivity index (χ3v) is 7.53. The molecule has 2 heterocycles. The van der Waals surface area contributed by atoms with E-state index in [1.807, 2.05) is 0 Å². The first kappa shape index (κ1) is 20.3. The van der Waals surface area contributed by atoms with Crippen LogP contribution >= 0.6 is 22.9 Å². The van der Waals surface area contributed by atoms with E-state index in [1.54, 1.807) is 13.8 Å². The summed E-state index contributed by atoms with van der Waals surface area (Å²) in [4.78, 5) is 13.1. The van der Waals surface area contributed by atoms with Crippen LogP contribution in [0.15, 0.2) is 22.4 Å². The van der Waals surface area contributed by atoms with Gasteiger partial charge in [0, 0.05) is 16.9 Å². The largest absolute Gasteiger partial charge is 0.377 e. The summed E-state index contributed by atoms with van der Waals surface area (Å²) >= 11 is 6.57. The number of halogens is 3. The summed E-state index contributed by atoms with van der Waals surface area (Å²) in [5, 5.41) is -0.414. The number of aryl methyl sites for hydroxylation is 1. The number of ether oxygens (including phenoxy) is 1. The normalized spacial score (nSPS) is 16.2. The summed E-state index contributed by atoms with van der Waals surface area (Å²) in [6, 6.07) is 3.38. The van der Waals surface area contributed by atoms with Gasteiger partial charge in [0.25, 0.3) is 10.0 Å². The fraction of sp³-hybridized carbons (Fsp3) is 0.353. The zero-order chi connectivity index (χ0) is 20.0. The number of carbonyl (C=O) groups excluding carboxylic acids is 1. The maximum absolute atomic E-state index is 13.5. The van der Waals surface area contributed by atoms with E-state index in [9.17, 15) is 22.0 Å². The maximum atomic E-state index is 13.5. The number of ketones is 1. The molecule has 2 aromatic rings. The lowest BCUT2D eigenvalue weighted by Crippen LogP contribution is -2.59. The van der Waals surface area contributed by atoms with E-state index in [-0.39, 0.29) is 35.0 Å². The fourth-order valence-electron chi connectivity index (χ4n) is 2.70. The van der Waals surface area contributed by atoms with E-state index >= 15 is 0 Å². The Morgan fingerprint density at radius 3 is 2.56 bits per heavy atom. The highest BCUT2D eigenvalue weighted by Crippen LogP contribution is 2.29. The maximum Gasteiger partial charge on any atom is 0.250 e. The van der Waals surface area contributed by atoms with E-state index in [0.717, 1.165) is 17.4 Å². The van der Waals surface area contributed by atoms with Crippen molar-refractivity contribution in [1.29, 1.82) is 0 Å². The molecule has 27 heavy (non-hydrogen) atoms. The summed E-state index contributed by atoms with van der Waals surface area (Å²) < 4.78 is 59.4. The molecule has 1 aromatic heterocycles. The SMILES string of the molecule is Cc1sc(S(=O)(=O)NC2(C)COC2)cc1C(=O)Cc1cc(F)c(F)c(Cl)c1. The summed E-state index contributed by atoms with van der Waals surface area (Å²) in [7, 11) is -3.80. The lowest BCUT2D eigenvalue weighted by molar-refractivity contribution is -0.0523. The molecule has 3 rings (SSSR count). The first-order chi connectivity index (χ1) is 12.5. The molecular formula is C17H16ClF2NO4S2. The van der Waals surface area contributed by atoms with Crippen LogP contribution in [0.1, 0.15) is 27.7 Å². The second kappa shape index (κ2) is 7.21. The van der Waals surface area contributed by atoms with Crippen molar-refractivity contribution in [2.75, 3.05) is 13.2 Å². The zero-order valence-electron chi connectivity index (χ0n) is 14.4. The average molecular weight is 436 g/mol. The Balaban J connectivity index is 1.82. The Morgan fingerprint density at radius 1 is 1.33 bits per heavy atom. The fourth-order valence-corrected chi connectivity index (χ4v) is 5.77. The highest BCUT2D eigenvalue weighted by molar-refractivity contribution is 7.91. The number of carbonyl (C=O) groups is 1. The predicted molar refractivity (Wildman–Crippen MR) is 98.0 cm³/mol. The Kier molecular flexibility index (Phi) is 5.44. The monoisotopic (exact) mass is 435 g/mol. The number of sulfonamides is 1. The smallest absolute Gasteiger partial charge is 0.250 e. The number of Topliss-reactive ketones (excluding diaryl/α,β-unsaturated/α-hetero) is 1. The summed E-state index contributed by atoms with van der Waals surface area (Å²) in [5.41, 5.74) is -0.240. The minimum Gasteiger partial charge on any atom is -0.377 e. The lowest BCUT2D eigenvalue weighted by atomic mass is 10.0. The van der Waals surface area contributed by atoms with Crippen molar-refractivity contribution < 1.29 is 26.7 Å². The highest BCUT2D eigenvalue weighted by Gasteiger charge is 2.38. The number of benzene rings is 1. The first-order valence-electron chi connectivity index (χ1n) is 7.89. The minimum absolute atomic E-state index is 0.0137. The van der Waals surface area contributed by atoms with Gasteiger partial charge in [0.15, 0.2) is 17.4 Å². The second-order valence-corrected chi connectivity index (χ2v) is 10.2. The van der Waals surface area contributed by atoms with Crippen molar-refractivity contribution in [3.8, 4) is 0 Å². The molecular weight excluding hydrogens is 420 g/mol. The van der Waals surface area contributed by atoms with Crippen LogP contribution in [0.5, 0.6) is 0 Å². The van der Waals surface area contributed by atoms with E-state index < -0.39 is 38.0 Å². The molecule has 1 aromatic carbocycles. The molecule has 5 nitrogen and oxygen atoms in total. The molecule has 1 saturated heterocycles. The van der Waals surface area contributed by atoms with E-state index in [1.165, 1.54) is 12.1 Å². The van der Waals surface area contributed by atoms with Crippen molar-refractivity contribution in [3.05, 3.63) is 50.9 Å². The van der Waals surface area contributed by atoms with Gasteiger partial charge in [0.05, 0.1) is 23.8 Å². The molecule has 10 heteroatoms. The van der Waals surface area contributed by atoms with Crippen molar-refractivity contribution in [3.63, 3.8) is 0 Å². The molecule has 0 saturated carbocycles. The van der Waals surface area contributed by atoms with Gasteiger partial charge in [-0.15, -0.1) is 11.3 Å². The molecule has 0 amide bonds. The Hall–Kier alpha value is -1.39. The summed E-state index contributed by atoms with van der Waals surface area (Å²) in [6.45, 7) is 3.91. The van der Waals surface area contributed by atoms with Gasteiger partial charge >= 0.3 is 0 Å². The van der Waals surface area contributed by atoms with Gasteiger partial charge in [-0.25, -0.2) is 17.2 Å². The van der Waals surface area contributed by atoms with Crippen molar-refractivity contribution >= 4 is 38.7 Å². The van der Waals surface area contributed by atoms with Gasteiger partial charge in [-0.1, -0.05) is 11.6 Å². The summed E-state index contributed by atoms with van der Waals surface area (Å²) in [6.07, 6.45) is -0.229. The van der Waals surface area contributed by atoms with Crippen LogP contribution in [-0.4, -0.2) is 33.0 Å². The van der Waals surface area contributed by atoms with Crippen LogP contribution in [0.2, 0.25) is 5.02 Å². The number of rotatable bonds is 6. The van der Waals surface area contributed by atoms with E-state index in [0.29, 0.717) is 4.88 Å². The third kappa shape index (κ3) is 4.22. The van der Waals surface area contributed by atoms with Gasteiger partial charge in [-0.2, -0.15) is 4.72 Å². The molecule has 146 valence electrons. The molecule has 0 atom stereocenters. The highest BCUT2D eigenvalue weighted by atomic mass is 35.5. The van der Waals surface area contributed by atoms with Crippen molar-refractivity contribution in [2.45, 2.75) is 30.0 Å². The molecule has 0 aliphatic carbocycles. The Morgan fingerprint density at radius 2 is 2.00 bits per heavy atom. The van der Waals surface area contributed by atoms with Crippen LogP contribution in [0.4, 0.5) is 8.78 Å². The first-order valence-corrected chi connectivity index (χ1v) is 10.6. The third-order valence-electron chi connectivity index (χ3n) is 4.09. The van der Waals surface area contributed by atoms with E-state index in [2.05, 4.69) is 4.72 Å². The van der Waals surface area contributed by atoms with Crippen LogP contribution < -0.4 is 4.72 Å². The Labute approximate surface area is 164 Å². The van der Waals surface area contributed by atoms with Crippen molar-refractivity contribution in [1.82, 2.24) is 4.72 Å². The molecule has 1 fully saturated rings. The van der Waals surface area contributed by atoms with E-state index in [4.69, 9.17) is 16.3 Å². The van der Waals surface area contributed by atoms with Crippen molar-refractivity contribution in [2.24, 2.45) is 0 Å². The Bertz CT molecular complexity index is 993. The minimum atomic E-state index is -3.80. The van der Waals surface area contributed by atoms with Gasteiger partial charge in [-0.05, 0) is 37.6 Å². The molecule has 1 N–H and O–H groups in total. The molecule has 1 aliphatic rings. The summed E-state index contributed by atoms with van der Waals surface area (Å²) in [5.74, 6) is -2.73. The lowest BCUT2D eigenvalue weighted by Gasteiger charge is -2.37. The topological polar surface area (TPSA) is 72.5 Å². The molecule has 0 bridgehead atoms. The number of nitrogens with one attached hydrogen (secondary N) is 1. The number of thiophene rings is 1. The van der Waals surface area contributed by atoms with Gasteiger partial charge in [-0.3, -0.25) is 4.79 Å². The molecule has 1 aliphatic heterocycles. The standard InChI is InChI=1S/C17H16ClF2NO4S2/c1-9-11(14(22)5-10-3-12(18)16(20)13(19)4-10)6-15(26-9)27(23,24)21-17(2)7-25-8-17/h3-4,6,21H,5,7-8H2,1-2H3. The average Bonchev–Trinajstić information content (AvgIpc) is 2.93. The van der Waals surface area contributed by atoms with Crippen LogP contribution in [0.25, 0.3) is 0 Å². The second-order valence-electron chi connectivity index (χ2n) is 6.67. The van der Waals surface area contributed by atoms with Gasteiger partial charge in [0.1, 0.15) is 4.21 Å². The zero-order valence-corrected chi connectivity index (χ0v) is 16.8. The van der Waals surface area contributed by atoms with Crippen LogP contribution in [0, 0.1) is 18.6 Å².